The van der Waals surface area contributed by atoms with E-state index in [-0.39, 0.29) is 12.1 Å². The fraction of sp³-hybridized carbons (Fsp3) is 0.500. The molecule has 4 nitrogen and oxygen atoms in total. The van der Waals surface area contributed by atoms with E-state index in [1.165, 1.54) is 0 Å². The van der Waals surface area contributed by atoms with Crippen LogP contribution in [0.2, 0.25) is 0 Å². The Labute approximate surface area is 121 Å². The average molecular weight is 324 g/mol. The molecular formula is C14H18BrN3O. The van der Waals surface area contributed by atoms with Gasteiger partial charge in [-0.15, -0.1) is 0 Å². The van der Waals surface area contributed by atoms with Crippen molar-refractivity contribution in [2.75, 3.05) is 11.4 Å². The van der Waals surface area contributed by atoms with E-state index in [0.29, 0.717) is 12.1 Å². The normalized spacial score (nSPS) is 30.7. The van der Waals surface area contributed by atoms with Gasteiger partial charge in [0.25, 0.3) is 0 Å². The van der Waals surface area contributed by atoms with Crippen molar-refractivity contribution >= 4 is 27.6 Å². The number of aliphatic imine (C=N–C) groups is 1. The zero-order valence-electron chi connectivity index (χ0n) is 10.9. The van der Waals surface area contributed by atoms with Gasteiger partial charge in [-0.25, -0.2) is 0 Å². The maximum absolute atomic E-state index is 6.06. The van der Waals surface area contributed by atoms with Gasteiger partial charge in [0, 0.05) is 10.2 Å². The lowest BCUT2D eigenvalue weighted by Gasteiger charge is -2.30. The quantitative estimate of drug-likeness (QED) is 0.909. The molecule has 2 N–H and O–H groups in total. The van der Waals surface area contributed by atoms with Gasteiger partial charge < -0.3 is 15.4 Å². The zero-order valence-corrected chi connectivity index (χ0v) is 12.5. The lowest BCUT2D eigenvalue weighted by atomic mass is 10.1. The molecule has 2 aliphatic heterocycles. The average Bonchev–Trinajstić information content (AvgIpc) is 2.95. The first-order valence-electron chi connectivity index (χ1n) is 6.65. The summed E-state index contributed by atoms with van der Waals surface area (Å²) in [5, 5.41) is 0. The minimum absolute atomic E-state index is 0.221. The molecule has 0 spiro atoms. The van der Waals surface area contributed by atoms with Crippen molar-refractivity contribution in [3.8, 4) is 0 Å². The molecule has 3 rings (SSSR count). The molecule has 0 saturated carbocycles. The van der Waals surface area contributed by atoms with Crippen molar-refractivity contribution in [1.29, 1.82) is 0 Å². The van der Waals surface area contributed by atoms with Crippen LogP contribution in [-0.4, -0.2) is 30.8 Å². The van der Waals surface area contributed by atoms with Crippen LogP contribution in [0.5, 0.6) is 0 Å². The topological polar surface area (TPSA) is 50.8 Å². The standard InChI is InChI=1S/C14H18BrN3O/c1-9-5-6-13(19-9)12-8-17-14(16)18(12)11-4-2-3-10(15)7-11/h2-4,7,9,12-13H,5-6,8H2,1H3,(H2,16,17). The zero-order chi connectivity index (χ0) is 13.4. The van der Waals surface area contributed by atoms with Crippen molar-refractivity contribution in [3.05, 3.63) is 28.7 Å². The number of guanidine groups is 1. The van der Waals surface area contributed by atoms with Gasteiger partial charge in [-0.05, 0) is 38.0 Å². The Morgan fingerprint density at radius 1 is 1.42 bits per heavy atom. The predicted molar refractivity (Wildman–Crippen MR) is 80.5 cm³/mol. The van der Waals surface area contributed by atoms with Crippen molar-refractivity contribution in [3.63, 3.8) is 0 Å². The minimum Gasteiger partial charge on any atom is -0.373 e. The number of benzene rings is 1. The van der Waals surface area contributed by atoms with Crippen LogP contribution >= 0.6 is 15.9 Å². The van der Waals surface area contributed by atoms with Crippen molar-refractivity contribution in [2.24, 2.45) is 10.7 Å². The maximum Gasteiger partial charge on any atom is 0.196 e. The monoisotopic (exact) mass is 323 g/mol. The Morgan fingerprint density at radius 2 is 2.26 bits per heavy atom. The van der Waals surface area contributed by atoms with Gasteiger partial charge in [-0.1, -0.05) is 22.0 Å². The Hall–Kier alpha value is -1.07. The van der Waals surface area contributed by atoms with E-state index in [2.05, 4.69) is 44.9 Å². The van der Waals surface area contributed by atoms with Crippen LogP contribution < -0.4 is 10.6 Å². The minimum atomic E-state index is 0.221. The molecule has 0 radical (unpaired) electrons. The van der Waals surface area contributed by atoms with Crippen LogP contribution in [0, 0.1) is 0 Å². The van der Waals surface area contributed by atoms with Crippen molar-refractivity contribution < 1.29 is 4.74 Å². The predicted octanol–water partition coefficient (Wildman–Crippen LogP) is 2.52. The fourth-order valence-corrected chi connectivity index (χ4v) is 3.25. The highest BCUT2D eigenvalue weighted by Gasteiger charge is 2.38. The number of hydrogen-bond acceptors (Lipinski definition) is 4. The second-order valence-corrected chi connectivity index (χ2v) is 6.09. The SMILES string of the molecule is CC1CCC(C2CN=C(N)N2c2cccc(Br)c2)O1. The Balaban J connectivity index is 1.86. The maximum atomic E-state index is 6.06. The van der Waals surface area contributed by atoms with Crippen molar-refractivity contribution in [1.82, 2.24) is 0 Å². The van der Waals surface area contributed by atoms with Gasteiger partial charge in [0.2, 0.25) is 0 Å². The van der Waals surface area contributed by atoms with Gasteiger partial charge in [0.05, 0.1) is 24.8 Å². The number of halogens is 1. The second-order valence-electron chi connectivity index (χ2n) is 5.18. The first-order valence-corrected chi connectivity index (χ1v) is 7.44. The molecular weight excluding hydrogens is 306 g/mol. The van der Waals surface area contributed by atoms with E-state index in [0.717, 1.165) is 29.5 Å². The lowest BCUT2D eigenvalue weighted by Crippen LogP contribution is -2.47. The number of nitrogens with zero attached hydrogens (tertiary/aromatic N) is 2. The van der Waals surface area contributed by atoms with E-state index < -0.39 is 0 Å². The van der Waals surface area contributed by atoms with Gasteiger partial charge in [0.1, 0.15) is 0 Å². The molecule has 0 aromatic heterocycles. The van der Waals surface area contributed by atoms with Gasteiger partial charge >= 0.3 is 0 Å². The second kappa shape index (κ2) is 5.13. The molecule has 1 fully saturated rings. The molecule has 2 aliphatic rings. The summed E-state index contributed by atoms with van der Waals surface area (Å²) in [6.45, 7) is 2.85. The van der Waals surface area contributed by atoms with Crippen LogP contribution in [0.1, 0.15) is 19.8 Å². The highest BCUT2D eigenvalue weighted by atomic mass is 79.9. The Bertz CT molecular complexity index is 505. The fourth-order valence-electron chi connectivity index (χ4n) is 2.86. The van der Waals surface area contributed by atoms with Crippen LogP contribution in [0.4, 0.5) is 5.69 Å². The van der Waals surface area contributed by atoms with Gasteiger partial charge in [-0.3, -0.25) is 4.99 Å². The Kier molecular flexibility index (Phi) is 3.50. The summed E-state index contributed by atoms with van der Waals surface area (Å²) in [6.07, 6.45) is 2.77. The number of rotatable bonds is 2. The van der Waals surface area contributed by atoms with Crippen LogP contribution in [-0.2, 0) is 4.74 Å². The van der Waals surface area contributed by atoms with E-state index in [1.807, 2.05) is 12.1 Å². The first-order chi connectivity index (χ1) is 9.15. The summed E-state index contributed by atoms with van der Waals surface area (Å²) in [5.74, 6) is 0.589. The van der Waals surface area contributed by atoms with Crippen molar-refractivity contribution in [2.45, 2.75) is 38.0 Å². The molecule has 3 unspecified atom stereocenters. The molecule has 0 amide bonds. The molecule has 1 saturated heterocycles. The number of ether oxygens (including phenoxy) is 1. The summed E-state index contributed by atoms with van der Waals surface area (Å²) in [7, 11) is 0. The molecule has 2 heterocycles. The summed E-state index contributed by atoms with van der Waals surface area (Å²) in [4.78, 5) is 6.50. The Morgan fingerprint density at radius 3 is 2.95 bits per heavy atom. The number of nitrogens with two attached hydrogens (primary N) is 1. The molecule has 1 aromatic rings. The van der Waals surface area contributed by atoms with Gasteiger partial charge in [0.15, 0.2) is 5.96 Å². The third kappa shape index (κ3) is 2.49. The highest BCUT2D eigenvalue weighted by Crippen LogP contribution is 2.31. The third-order valence-corrected chi connectivity index (χ3v) is 4.29. The summed E-state index contributed by atoms with van der Waals surface area (Å²) in [5.41, 5.74) is 7.13. The molecule has 1 aromatic carbocycles. The van der Waals surface area contributed by atoms with E-state index in [9.17, 15) is 0 Å². The van der Waals surface area contributed by atoms with E-state index in [1.54, 1.807) is 0 Å². The van der Waals surface area contributed by atoms with Crippen LogP contribution in [0.3, 0.4) is 0 Å². The number of anilines is 1. The first kappa shape index (κ1) is 12.9. The number of hydrogen-bond donors (Lipinski definition) is 1. The molecule has 0 bridgehead atoms. The molecule has 19 heavy (non-hydrogen) atoms. The molecule has 5 heteroatoms. The molecule has 0 aliphatic carbocycles. The summed E-state index contributed by atoms with van der Waals surface area (Å²) in [6, 6.07) is 8.37. The van der Waals surface area contributed by atoms with Crippen LogP contribution in [0.15, 0.2) is 33.7 Å². The van der Waals surface area contributed by atoms with Crippen LogP contribution in [0.25, 0.3) is 0 Å². The molecule has 3 atom stereocenters. The van der Waals surface area contributed by atoms with E-state index >= 15 is 0 Å². The smallest absolute Gasteiger partial charge is 0.196 e. The summed E-state index contributed by atoms with van der Waals surface area (Å²) >= 11 is 3.50. The van der Waals surface area contributed by atoms with Gasteiger partial charge in [-0.2, -0.15) is 0 Å². The third-order valence-electron chi connectivity index (χ3n) is 3.80. The largest absolute Gasteiger partial charge is 0.373 e. The highest BCUT2D eigenvalue weighted by molar-refractivity contribution is 9.10. The lowest BCUT2D eigenvalue weighted by molar-refractivity contribution is 0.0440. The summed E-state index contributed by atoms with van der Waals surface area (Å²) < 4.78 is 7.04. The molecule has 102 valence electrons. The van der Waals surface area contributed by atoms with E-state index in [4.69, 9.17) is 10.5 Å².